The highest BCUT2D eigenvalue weighted by Crippen LogP contribution is 2.37. The van der Waals surface area contributed by atoms with E-state index < -0.39 is 6.04 Å². The van der Waals surface area contributed by atoms with E-state index in [9.17, 15) is 4.79 Å². The van der Waals surface area contributed by atoms with Gasteiger partial charge in [0.2, 0.25) is 11.1 Å². The molecule has 0 aromatic carbocycles. The van der Waals surface area contributed by atoms with Gasteiger partial charge in [0.1, 0.15) is 11.8 Å². The van der Waals surface area contributed by atoms with Gasteiger partial charge in [0.15, 0.2) is 0 Å². The third-order valence-corrected chi connectivity index (χ3v) is 4.69. The number of thioether (sulfide) groups is 1. The molecular weight excluding hydrogens is 340 g/mol. The second-order valence-electron chi connectivity index (χ2n) is 6.05. The van der Waals surface area contributed by atoms with Crippen LogP contribution in [-0.4, -0.2) is 32.6 Å². The van der Waals surface area contributed by atoms with Crippen molar-refractivity contribution in [2.24, 2.45) is 0 Å². The summed E-state index contributed by atoms with van der Waals surface area (Å²) in [4.78, 5) is 17.2. The summed E-state index contributed by atoms with van der Waals surface area (Å²) in [6.45, 7) is 7.60. The molecule has 0 saturated carbocycles. The summed E-state index contributed by atoms with van der Waals surface area (Å²) in [7, 11) is 0. The molecule has 2 aromatic rings. The van der Waals surface area contributed by atoms with Crippen molar-refractivity contribution in [2.75, 3.05) is 11.1 Å². The number of rotatable bonds is 6. The van der Waals surface area contributed by atoms with Crippen LogP contribution in [0.15, 0.2) is 39.2 Å². The number of nitrogens with zero attached hydrogens (tertiary/aromatic N) is 3. The lowest BCUT2D eigenvalue weighted by Crippen LogP contribution is -2.30. The maximum Gasteiger partial charge on any atom is 0.338 e. The number of carbonyl (C=O) groups excluding carboxylic acids is 1. The van der Waals surface area contributed by atoms with Crippen molar-refractivity contribution in [3.63, 3.8) is 0 Å². The van der Waals surface area contributed by atoms with Crippen molar-refractivity contribution >= 4 is 23.7 Å². The number of aromatic nitrogens is 3. The van der Waals surface area contributed by atoms with Crippen LogP contribution in [0.3, 0.4) is 0 Å². The molecule has 1 atom stereocenters. The van der Waals surface area contributed by atoms with Crippen molar-refractivity contribution in [1.82, 2.24) is 14.8 Å². The van der Waals surface area contributed by atoms with Gasteiger partial charge in [0.05, 0.1) is 17.9 Å². The van der Waals surface area contributed by atoms with Crippen molar-refractivity contribution < 1.29 is 13.9 Å². The molecule has 1 aliphatic heterocycles. The zero-order chi connectivity index (χ0) is 18.0. The molecule has 0 radical (unpaired) electrons. The van der Waals surface area contributed by atoms with Crippen LogP contribution in [-0.2, 0) is 9.53 Å². The first-order chi connectivity index (χ1) is 12.0. The van der Waals surface area contributed by atoms with Gasteiger partial charge in [-0.2, -0.15) is 4.98 Å². The third kappa shape index (κ3) is 3.58. The van der Waals surface area contributed by atoms with E-state index in [-0.39, 0.29) is 12.1 Å². The SMILES string of the molecule is CCCSc1nc2n(n1)C(c1ccco1)C(C(=O)OC(C)C)=C(C)N2. The van der Waals surface area contributed by atoms with Gasteiger partial charge >= 0.3 is 5.97 Å². The lowest BCUT2D eigenvalue weighted by Gasteiger charge is -2.26. The largest absolute Gasteiger partial charge is 0.467 e. The number of hydrogen-bond acceptors (Lipinski definition) is 7. The molecule has 25 heavy (non-hydrogen) atoms. The van der Waals surface area contributed by atoms with Gasteiger partial charge in [0.25, 0.3) is 0 Å². The lowest BCUT2D eigenvalue weighted by atomic mass is 10.0. The molecule has 2 aromatic heterocycles. The molecule has 0 saturated heterocycles. The molecular formula is C17H22N4O3S. The maximum atomic E-state index is 12.7. The van der Waals surface area contributed by atoms with Gasteiger partial charge in [0, 0.05) is 11.4 Å². The van der Waals surface area contributed by atoms with Crippen LogP contribution >= 0.6 is 11.8 Å². The number of carbonyl (C=O) groups is 1. The molecule has 3 heterocycles. The molecule has 1 aliphatic rings. The molecule has 0 aliphatic carbocycles. The number of hydrogen-bond donors (Lipinski definition) is 1. The summed E-state index contributed by atoms with van der Waals surface area (Å²) < 4.78 is 12.7. The van der Waals surface area contributed by atoms with E-state index in [4.69, 9.17) is 9.15 Å². The van der Waals surface area contributed by atoms with E-state index in [0.29, 0.717) is 28.1 Å². The van der Waals surface area contributed by atoms with E-state index in [1.165, 1.54) is 0 Å². The van der Waals surface area contributed by atoms with Crippen LogP contribution in [0, 0.1) is 0 Å². The average molecular weight is 362 g/mol. The van der Waals surface area contributed by atoms with Crippen molar-refractivity contribution in [3.8, 4) is 0 Å². The quantitative estimate of drug-likeness (QED) is 0.621. The fraction of sp³-hybridized carbons (Fsp3) is 0.471. The highest BCUT2D eigenvalue weighted by atomic mass is 32.2. The monoisotopic (exact) mass is 362 g/mol. The summed E-state index contributed by atoms with van der Waals surface area (Å²) in [5, 5.41) is 8.42. The number of nitrogens with one attached hydrogen (secondary N) is 1. The van der Waals surface area contributed by atoms with Gasteiger partial charge in [-0.15, -0.1) is 5.10 Å². The molecule has 0 bridgehead atoms. The fourth-order valence-electron chi connectivity index (χ4n) is 2.64. The number of anilines is 1. The van der Waals surface area contributed by atoms with Crippen molar-refractivity contribution in [1.29, 1.82) is 0 Å². The summed E-state index contributed by atoms with van der Waals surface area (Å²) in [5.74, 6) is 1.77. The summed E-state index contributed by atoms with van der Waals surface area (Å²) in [6, 6.07) is 3.12. The second-order valence-corrected chi connectivity index (χ2v) is 7.11. The Morgan fingerprint density at radius 3 is 2.96 bits per heavy atom. The molecule has 134 valence electrons. The molecule has 1 unspecified atom stereocenters. The smallest absolute Gasteiger partial charge is 0.338 e. The van der Waals surface area contributed by atoms with E-state index in [1.807, 2.05) is 26.8 Å². The number of ether oxygens (including phenoxy) is 1. The number of esters is 1. The first-order valence-electron chi connectivity index (χ1n) is 8.32. The highest BCUT2D eigenvalue weighted by molar-refractivity contribution is 7.99. The lowest BCUT2D eigenvalue weighted by molar-refractivity contribution is -0.143. The number of furan rings is 1. The van der Waals surface area contributed by atoms with Crippen LogP contribution in [0.25, 0.3) is 0 Å². The van der Waals surface area contributed by atoms with Crippen molar-refractivity contribution in [3.05, 3.63) is 35.4 Å². The van der Waals surface area contributed by atoms with Crippen LogP contribution in [0.4, 0.5) is 5.95 Å². The summed E-state index contributed by atoms with van der Waals surface area (Å²) in [6.07, 6.45) is 2.41. The average Bonchev–Trinajstić information content (AvgIpc) is 3.19. The summed E-state index contributed by atoms with van der Waals surface area (Å²) >= 11 is 1.59. The van der Waals surface area contributed by atoms with Gasteiger partial charge < -0.3 is 14.5 Å². The van der Waals surface area contributed by atoms with E-state index >= 15 is 0 Å². The topological polar surface area (TPSA) is 82.2 Å². The fourth-order valence-corrected chi connectivity index (χ4v) is 3.32. The Morgan fingerprint density at radius 1 is 1.52 bits per heavy atom. The van der Waals surface area contributed by atoms with Gasteiger partial charge in [-0.25, -0.2) is 9.48 Å². The number of fused-ring (bicyclic) bond motifs is 1. The molecule has 0 amide bonds. The molecule has 7 nitrogen and oxygen atoms in total. The Bertz CT molecular complexity index is 780. The zero-order valence-corrected chi connectivity index (χ0v) is 15.6. The van der Waals surface area contributed by atoms with Crippen molar-refractivity contribution in [2.45, 2.75) is 51.4 Å². The van der Waals surface area contributed by atoms with Crippen LogP contribution in [0.2, 0.25) is 0 Å². The third-order valence-electron chi connectivity index (χ3n) is 3.64. The molecule has 0 fully saturated rings. The van der Waals surface area contributed by atoms with E-state index in [0.717, 1.165) is 12.2 Å². The van der Waals surface area contributed by atoms with Gasteiger partial charge in [-0.05, 0) is 39.3 Å². The van der Waals surface area contributed by atoms with Gasteiger partial charge in [-0.3, -0.25) is 0 Å². The van der Waals surface area contributed by atoms with Crippen LogP contribution < -0.4 is 5.32 Å². The Morgan fingerprint density at radius 2 is 2.32 bits per heavy atom. The summed E-state index contributed by atoms with van der Waals surface area (Å²) in [5.41, 5.74) is 1.17. The Kier molecular flexibility index (Phi) is 5.17. The predicted octanol–water partition coefficient (Wildman–Crippen LogP) is 3.61. The van der Waals surface area contributed by atoms with Crippen LogP contribution in [0.1, 0.15) is 45.9 Å². The minimum atomic E-state index is -0.499. The van der Waals surface area contributed by atoms with Gasteiger partial charge in [-0.1, -0.05) is 18.7 Å². The maximum absolute atomic E-state index is 12.7. The molecule has 8 heteroatoms. The molecule has 3 rings (SSSR count). The predicted molar refractivity (Wildman–Crippen MR) is 95.4 cm³/mol. The van der Waals surface area contributed by atoms with E-state index in [1.54, 1.807) is 28.8 Å². The minimum Gasteiger partial charge on any atom is -0.467 e. The zero-order valence-electron chi connectivity index (χ0n) is 14.8. The first kappa shape index (κ1) is 17.6. The number of allylic oxidation sites excluding steroid dienone is 1. The minimum absolute atomic E-state index is 0.210. The normalized spacial score (nSPS) is 16.8. The highest BCUT2D eigenvalue weighted by Gasteiger charge is 2.37. The van der Waals surface area contributed by atoms with E-state index in [2.05, 4.69) is 22.3 Å². The Labute approximate surface area is 150 Å². The Balaban J connectivity index is 2.03. The Hall–Kier alpha value is -2.22. The standard InChI is InChI=1S/C17H22N4O3S/c1-5-9-25-17-19-16-18-11(4)13(15(22)24-10(2)3)14(21(16)20-17)12-7-6-8-23-12/h6-8,10,14H,5,9H2,1-4H3,(H,18,19,20). The molecule has 1 N–H and O–H groups in total. The molecule has 0 spiro atoms. The van der Waals surface area contributed by atoms with Crippen LogP contribution in [0.5, 0.6) is 0 Å². The second kappa shape index (κ2) is 7.35. The first-order valence-corrected chi connectivity index (χ1v) is 9.31.